The fourth-order valence-electron chi connectivity index (χ4n) is 2.59. The third-order valence-corrected chi connectivity index (χ3v) is 4.62. The van der Waals surface area contributed by atoms with Gasteiger partial charge in [0.25, 0.3) is 0 Å². The Bertz CT molecular complexity index is 711. The summed E-state index contributed by atoms with van der Waals surface area (Å²) in [5.74, 6) is 0. The molecular formula is C18H20N2OS. The number of pyridine rings is 1. The summed E-state index contributed by atoms with van der Waals surface area (Å²) in [5, 5.41) is 14.8. The smallest absolute Gasteiger partial charge is 0.0809 e. The van der Waals surface area contributed by atoms with Crippen LogP contribution in [0.25, 0.3) is 10.2 Å². The molecule has 0 radical (unpaired) electrons. The number of nitrogens with zero attached hydrogens (tertiary/aromatic N) is 1. The van der Waals surface area contributed by atoms with Crippen LogP contribution in [-0.4, -0.2) is 16.7 Å². The number of aliphatic hydroxyl groups is 1. The first-order chi connectivity index (χ1) is 10.9. The minimum absolute atomic E-state index is 0.230. The average Bonchev–Trinajstić information content (AvgIpc) is 3.03. The van der Waals surface area contributed by atoms with E-state index in [2.05, 4.69) is 46.0 Å². The van der Waals surface area contributed by atoms with Crippen LogP contribution in [0.4, 0.5) is 0 Å². The minimum Gasteiger partial charge on any atom is -0.396 e. The first kappa shape index (κ1) is 15.2. The fourth-order valence-corrected chi connectivity index (χ4v) is 3.40. The van der Waals surface area contributed by atoms with Crippen LogP contribution in [0.5, 0.6) is 0 Å². The normalized spacial score (nSPS) is 12.6. The van der Waals surface area contributed by atoms with Gasteiger partial charge in [0.2, 0.25) is 0 Å². The molecular weight excluding hydrogens is 292 g/mol. The van der Waals surface area contributed by atoms with Crippen LogP contribution in [0.15, 0.2) is 54.0 Å². The number of hydrogen-bond donors (Lipinski definition) is 2. The second-order valence-corrected chi connectivity index (χ2v) is 6.31. The molecule has 2 aromatic heterocycles. The second-order valence-electron chi connectivity index (χ2n) is 5.36. The molecule has 0 aliphatic rings. The van der Waals surface area contributed by atoms with E-state index in [1.165, 1.54) is 15.8 Å². The highest BCUT2D eigenvalue weighted by Crippen LogP contribution is 2.21. The van der Waals surface area contributed by atoms with Crippen molar-refractivity contribution in [2.24, 2.45) is 0 Å². The molecule has 3 nitrogen and oxygen atoms in total. The lowest BCUT2D eigenvalue weighted by Gasteiger charge is -2.19. The third kappa shape index (κ3) is 3.71. The molecule has 3 rings (SSSR count). The van der Waals surface area contributed by atoms with E-state index < -0.39 is 0 Å². The third-order valence-electron chi connectivity index (χ3n) is 3.76. The van der Waals surface area contributed by atoms with Crippen LogP contribution < -0.4 is 5.32 Å². The summed E-state index contributed by atoms with van der Waals surface area (Å²) in [7, 11) is 0. The summed E-state index contributed by atoms with van der Waals surface area (Å²) < 4.78 is 1.23. The number of aliphatic hydroxyl groups excluding tert-OH is 1. The topological polar surface area (TPSA) is 45.1 Å². The van der Waals surface area contributed by atoms with Crippen LogP contribution in [0.3, 0.4) is 0 Å². The molecule has 0 saturated carbocycles. The van der Waals surface area contributed by atoms with E-state index in [4.69, 9.17) is 5.11 Å². The zero-order valence-electron chi connectivity index (χ0n) is 12.4. The van der Waals surface area contributed by atoms with Gasteiger partial charge in [-0.05, 0) is 41.5 Å². The van der Waals surface area contributed by atoms with E-state index in [1.807, 2.05) is 18.3 Å². The van der Waals surface area contributed by atoms with Crippen molar-refractivity contribution in [3.63, 3.8) is 0 Å². The Morgan fingerprint density at radius 1 is 1.18 bits per heavy atom. The Morgan fingerprint density at radius 2 is 2.05 bits per heavy atom. The molecule has 0 spiro atoms. The lowest BCUT2D eigenvalue weighted by atomic mass is 10.0. The standard InChI is InChI=1S/C18H20N2OS/c21-9-4-7-16(15-5-2-1-3-6-15)19-12-14-11-18-17(20-13-14)8-10-22-18/h1-3,5-6,8,10-11,13,16,19,21H,4,7,9,12H2. The van der Waals surface area contributed by atoms with Gasteiger partial charge in [0, 0.05) is 25.4 Å². The Kier molecular flexibility index (Phi) is 5.16. The number of thiophene rings is 1. The summed E-state index contributed by atoms with van der Waals surface area (Å²) in [5.41, 5.74) is 3.52. The van der Waals surface area contributed by atoms with Crippen molar-refractivity contribution < 1.29 is 5.11 Å². The van der Waals surface area contributed by atoms with Gasteiger partial charge in [0.15, 0.2) is 0 Å². The Morgan fingerprint density at radius 3 is 2.86 bits per heavy atom. The van der Waals surface area contributed by atoms with Gasteiger partial charge in [-0.2, -0.15) is 0 Å². The van der Waals surface area contributed by atoms with Crippen molar-refractivity contribution in [2.75, 3.05) is 6.61 Å². The molecule has 1 aromatic carbocycles. The number of rotatable bonds is 7. The molecule has 0 aliphatic heterocycles. The number of aromatic nitrogens is 1. The van der Waals surface area contributed by atoms with Crippen molar-refractivity contribution in [3.05, 3.63) is 65.2 Å². The van der Waals surface area contributed by atoms with E-state index in [0.717, 1.165) is 24.9 Å². The number of nitrogens with one attached hydrogen (secondary N) is 1. The largest absolute Gasteiger partial charge is 0.396 e. The summed E-state index contributed by atoms with van der Waals surface area (Å²) in [6.07, 6.45) is 3.67. The quantitative estimate of drug-likeness (QED) is 0.695. The van der Waals surface area contributed by atoms with Gasteiger partial charge < -0.3 is 10.4 Å². The number of fused-ring (bicyclic) bond motifs is 1. The molecule has 2 N–H and O–H groups in total. The SMILES string of the molecule is OCCCC(NCc1cnc2ccsc2c1)c1ccccc1. The second kappa shape index (κ2) is 7.49. The highest BCUT2D eigenvalue weighted by Gasteiger charge is 2.10. The molecule has 1 unspecified atom stereocenters. The lowest BCUT2D eigenvalue weighted by Crippen LogP contribution is -2.21. The molecule has 4 heteroatoms. The first-order valence-corrected chi connectivity index (χ1v) is 8.46. The van der Waals surface area contributed by atoms with Crippen LogP contribution in [0, 0.1) is 0 Å². The van der Waals surface area contributed by atoms with E-state index >= 15 is 0 Å². The molecule has 114 valence electrons. The van der Waals surface area contributed by atoms with Crippen LogP contribution in [0.1, 0.15) is 30.0 Å². The highest BCUT2D eigenvalue weighted by atomic mass is 32.1. The van der Waals surface area contributed by atoms with E-state index in [0.29, 0.717) is 0 Å². The van der Waals surface area contributed by atoms with Crippen LogP contribution in [0.2, 0.25) is 0 Å². The molecule has 0 bridgehead atoms. The van der Waals surface area contributed by atoms with Crippen LogP contribution in [-0.2, 0) is 6.54 Å². The minimum atomic E-state index is 0.230. The zero-order chi connectivity index (χ0) is 15.2. The molecule has 22 heavy (non-hydrogen) atoms. The van der Waals surface area contributed by atoms with E-state index in [-0.39, 0.29) is 12.6 Å². The van der Waals surface area contributed by atoms with Crippen molar-refractivity contribution in [3.8, 4) is 0 Å². The predicted molar refractivity (Wildman–Crippen MR) is 92.0 cm³/mol. The first-order valence-electron chi connectivity index (χ1n) is 7.58. The monoisotopic (exact) mass is 312 g/mol. The molecule has 0 saturated heterocycles. The van der Waals surface area contributed by atoms with Crippen LogP contribution >= 0.6 is 11.3 Å². The molecule has 2 heterocycles. The Hall–Kier alpha value is -1.75. The summed E-state index contributed by atoms with van der Waals surface area (Å²) >= 11 is 1.72. The summed E-state index contributed by atoms with van der Waals surface area (Å²) in [4.78, 5) is 4.48. The van der Waals surface area contributed by atoms with Gasteiger partial charge in [-0.25, -0.2) is 0 Å². The Labute approximate surface area is 134 Å². The van der Waals surface area contributed by atoms with Gasteiger partial charge in [-0.3, -0.25) is 4.98 Å². The summed E-state index contributed by atoms with van der Waals surface area (Å²) in [6.45, 7) is 1.01. The summed E-state index contributed by atoms with van der Waals surface area (Å²) in [6, 6.07) is 14.9. The van der Waals surface area contributed by atoms with E-state index in [1.54, 1.807) is 11.3 Å². The Balaban J connectivity index is 1.70. The number of hydrogen-bond acceptors (Lipinski definition) is 4. The van der Waals surface area contributed by atoms with E-state index in [9.17, 15) is 0 Å². The van der Waals surface area contributed by atoms with Gasteiger partial charge in [0.1, 0.15) is 0 Å². The lowest BCUT2D eigenvalue weighted by molar-refractivity contribution is 0.275. The maximum absolute atomic E-state index is 9.11. The van der Waals surface area contributed by atoms with Gasteiger partial charge in [-0.1, -0.05) is 30.3 Å². The van der Waals surface area contributed by atoms with Gasteiger partial charge in [0.05, 0.1) is 10.2 Å². The van der Waals surface area contributed by atoms with Gasteiger partial charge in [-0.15, -0.1) is 11.3 Å². The predicted octanol–water partition coefficient (Wildman–Crippen LogP) is 3.90. The number of benzene rings is 1. The van der Waals surface area contributed by atoms with Crippen molar-refractivity contribution in [1.82, 2.24) is 10.3 Å². The molecule has 0 amide bonds. The van der Waals surface area contributed by atoms with Gasteiger partial charge >= 0.3 is 0 Å². The maximum Gasteiger partial charge on any atom is 0.0809 e. The fraction of sp³-hybridized carbons (Fsp3) is 0.278. The molecule has 0 fully saturated rings. The van der Waals surface area contributed by atoms with Crippen molar-refractivity contribution in [2.45, 2.75) is 25.4 Å². The molecule has 0 aliphatic carbocycles. The molecule has 3 aromatic rings. The average molecular weight is 312 g/mol. The zero-order valence-corrected chi connectivity index (χ0v) is 13.2. The van der Waals surface area contributed by atoms with Crippen molar-refractivity contribution >= 4 is 21.6 Å². The molecule has 1 atom stereocenters. The highest BCUT2D eigenvalue weighted by molar-refractivity contribution is 7.17. The van der Waals surface area contributed by atoms with Crippen molar-refractivity contribution in [1.29, 1.82) is 0 Å². The maximum atomic E-state index is 9.11.